The third-order valence-corrected chi connectivity index (χ3v) is 7.41. The van der Waals surface area contributed by atoms with Crippen molar-refractivity contribution in [2.75, 3.05) is 43.1 Å². The van der Waals surface area contributed by atoms with Crippen molar-refractivity contribution >= 4 is 34.4 Å². The van der Waals surface area contributed by atoms with Gasteiger partial charge in [-0.15, -0.1) is 11.3 Å². The first-order chi connectivity index (χ1) is 15.4. The van der Waals surface area contributed by atoms with E-state index in [1.807, 2.05) is 40.6 Å². The van der Waals surface area contributed by atoms with Gasteiger partial charge in [-0.1, -0.05) is 32.0 Å². The molecule has 0 unspecified atom stereocenters. The van der Waals surface area contributed by atoms with Gasteiger partial charge in [-0.05, 0) is 35.4 Å². The van der Waals surface area contributed by atoms with Gasteiger partial charge < -0.3 is 19.9 Å². The number of morpholine rings is 1. The van der Waals surface area contributed by atoms with Gasteiger partial charge in [0.2, 0.25) is 5.91 Å². The highest BCUT2D eigenvalue weighted by molar-refractivity contribution is 7.10. The smallest absolute Gasteiger partial charge is 0.242 e. The molecule has 1 atom stereocenters. The van der Waals surface area contributed by atoms with Gasteiger partial charge >= 0.3 is 0 Å². The lowest BCUT2D eigenvalue weighted by atomic mass is 9.74. The predicted molar refractivity (Wildman–Crippen MR) is 127 cm³/mol. The molecule has 7 heteroatoms. The summed E-state index contributed by atoms with van der Waals surface area (Å²) in [6.45, 7) is 6.87. The number of allylic oxidation sites excluding steroid dienone is 1. The molecular weight excluding hydrogens is 422 g/mol. The third kappa shape index (κ3) is 3.95. The number of thiophene rings is 1. The number of ether oxygens (including phenoxy) is 1. The second-order valence-electron chi connectivity index (χ2n) is 9.51. The largest absolute Gasteiger partial charge is 0.378 e. The molecule has 3 heterocycles. The van der Waals surface area contributed by atoms with E-state index in [2.05, 4.69) is 30.1 Å². The second kappa shape index (κ2) is 8.37. The van der Waals surface area contributed by atoms with Crippen molar-refractivity contribution in [3.8, 4) is 0 Å². The summed E-state index contributed by atoms with van der Waals surface area (Å²) in [5.74, 6) is 0.232. The van der Waals surface area contributed by atoms with Gasteiger partial charge in [0.15, 0.2) is 5.78 Å². The van der Waals surface area contributed by atoms with E-state index in [1.165, 1.54) is 0 Å². The molecule has 1 amide bonds. The Morgan fingerprint density at radius 3 is 2.69 bits per heavy atom. The summed E-state index contributed by atoms with van der Waals surface area (Å²) >= 11 is 1.64. The van der Waals surface area contributed by atoms with E-state index in [0.717, 1.165) is 33.9 Å². The van der Waals surface area contributed by atoms with Crippen LogP contribution in [0.4, 0.5) is 11.4 Å². The highest BCUT2D eigenvalue weighted by Gasteiger charge is 2.42. The summed E-state index contributed by atoms with van der Waals surface area (Å²) in [4.78, 5) is 32.0. The molecule has 0 saturated carbocycles. The molecule has 2 aromatic rings. The number of carbonyl (C=O) groups excluding carboxylic acids is 2. The molecule has 0 radical (unpaired) electrons. The monoisotopic (exact) mass is 451 g/mol. The average Bonchev–Trinajstić information content (AvgIpc) is 3.25. The molecule has 1 saturated heterocycles. The molecule has 3 aliphatic rings. The molecule has 1 aromatic heterocycles. The Bertz CT molecular complexity index is 1050. The number of ketones is 1. The quantitative estimate of drug-likeness (QED) is 0.757. The van der Waals surface area contributed by atoms with Gasteiger partial charge in [-0.3, -0.25) is 9.59 Å². The molecule has 6 nitrogen and oxygen atoms in total. The second-order valence-corrected chi connectivity index (χ2v) is 10.5. The number of nitrogens with zero attached hydrogens (tertiary/aromatic N) is 2. The predicted octanol–water partition coefficient (Wildman–Crippen LogP) is 4.22. The van der Waals surface area contributed by atoms with Crippen LogP contribution in [0.3, 0.4) is 0 Å². The van der Waals surface area contributed by atoms with Crippen LogP contribution in [-0.4, -0.2) is 49.4 Å². The molecular formula is C25H29N3O3S. The van der Waals surface area contributed by atoms with E-state index < -0.39 is 0 Å². The van der Waals surface area contributed by atoms with Gasteiger partial charge in [0.25, 0.3) is 0 Å². The summed E-state index contributed by atoms with van der Waals surface area (Å²) in [6.07, 6.45) is 1.31. The van der Waals surface area contributed by atoms with E-state index >= 15 is 0 Å². The fourth-order valence-corrected chi connectivity index (χ4v) is 5.87. The standard InChI is InChI=1S/C25H29N3O3S/c1-25(2)14-18-23(20(29)15-25)24(21-8-5-13-32-21)28(19-7-4-3-6-17(19)26-18)16-22(30)27-9-11-31-12-10-27/h3-8,13,24,26H,9-12,14-16H2,1-2H3/t24-/m0/s1. The van der Waals surface area contributed by atoms with Gasteiger partial charge in [0, 0.05) is 35.7 Å². The first-order valence-electron chi connectivity index (χ1n) is 11.2. The number of hydrogen-bond acceptors (Lipinski definition) is 6. The van der Waals surface area contributed by atoms with Crippen molar-refractivity contribution in [3.63, 3.8) is 0 Å². The molecule has 1 aliphatic carbocycles. The molecule has 5 rings (SSSR count). The Labute approximate surface area is 192 Å². The van der Waals surface area contributed by atoms with Crippen LogP contribution in [0.1, 0.15) is 37.6 Å². The average molecular weight is 452 g/mol. The number of hydrogen-bond donors (Lipinski definition) is 1. The van der Waals surface area contributed by atoms with Gasteiger partial charge in [-0.2, -0.15) is 0 Å². The summed E-state index contributed by atoms with van der Waals surface area (Å²) in [5.41, 5.74) is 3.58. The van der Waals surface area contributed by atoms with Gasteiger partial charge in [0.1, 0.15) is 0 Å². The van der Waals surface area contributed by atoms with Crippen LogP contribution in [-0.2, 0) is 14.3 Å². The fraction of sp³-hybridized carbons (Fsp3) is 0.440. The minimum atomic E-state index is -0.283. The molecule has 1 fully saturated rings. The zero-order chi connectivity index (χ0) is 22.3. The lowest BCUT2D eigenvalue weighted by Crippen LogP contribution is -2.47. The van der Waals surface area contributed by atoms with Crippen LogP contribution in [0.15, 0.2) is 53.0 Å². The van der Waals surface area contributed by atoms with Crippen molar-refractivity contribution in [1.82, 2.24) is 4.90 Å². The van der Waals surface area contributed by atoms with Crippen molar-refractivity contribution in [2.24, 2.45) is 5.41 Å². The maximum atomic E-state index is 13.6. The zero-order valence-corrected chi connectivity index (χ0v) is 19.4. The van der Waals surface area contributed by atoms with E-state index in [4.69, 9.17) is 4.74 Å². The highest BCUT2D eigenvalue weighted by atomic mass is 32.1. The lowest BCUT2D eigenvalue weighted by Gasteiger charge is -2.38. The number of para-hydroxylation sites is 2. The van der Waals surface area contributed by atoms with E-state index in [-0.39, 0.29) is 29.7 Å². The molecule has 1 N–H and O–H groups in total. The van der Waals surface area contributed by atoms with Crippen molar-refractivity contribution in [3.05, 3.63) is 57.9 Å². The Kier molecular flexibility index (Phi) is 5.55. The summed E-state index contributed by atoms with van der Waals surface area (Å²) < 4.78 is 5.43. The number of benzene rings is 1. The third-order valence-electron chi connectivity index (χ3n) is 6.49. The van der Waals surface area contributed by atoms with Crippen LogP contribution in [0, 0.1) is 5.41 Å². The van der Waals surface area contributed by atoms with Crippen LogP contribution in [0.5, 0.6) is 0 Å². The van der Waals surface area contributed by atoms with Crippen molar-refractivity contribution in [2.45, 2.75) is 32.7 Å². The molecule has 32 heavy (non-hydrogen) atoms. The molecule has 1 aromatic carbocycles. The maximum absolute atomic E-state index is 13.6. The highest BCUT2D eigenvalue weighted by Crippen LogP contribution is 2.48. The van der Waals surface area contributed by atoms with Crippen LogP contribution < -0.4 is 10.2 Å². The van der Waals surface area contributed by atoms with Crippen LogP contribution >= 0.6 is 11.3 Å². The van der Waals surface area contributed by atoms with E-state index in [9.17, 15) is 9.59 Å². The number of amides is 1. The zero-order valence-electron chi connectivity index (χ0n) is 18.6. The molecule has 2 aliphatic heterocycles. The number of rotatable bonds is 3. The topological polar surface area (TPSA) is 61.9 Å². The van der Waals surface area contributed by atoms with Gasteiger partial charge in [0.05, 0.1) is 37.2 Å². The van der Waals surface area contributed by atoms with E-state index in [1.54, 1.807) is 11.3 Å². The lowest BCUT2D eigenvalue weighted by molar-refractivity contribution is -0.133. The normalized spacial score (nSPS) is 22.7. The van der Waals surface area contributed by atoms with Crippen LogP contribution in [0.25, 0.3) is 0 Å². The SMILES string of the molecule is CC1(C)CC(=O)C2=C(C1)Nc1ccccc1N(CC(=O)N1CCOCC1)[C@H]2c1cccs1. The fourth-order valence-electron chi connectivity index (χ4n) is 5.03. The van der Waals surface area contributed by atoms with Crippen molar-refractivity contribution in [1.29, 1.82) is 0 Å². The molecule has 0 spiro atoms. The first kappa shape index (κ1) is 21.2. The number of fused-ring (bicyclic) bond motifs is 1. The summed E-state index contributed by atoms with van der Waals surface area (Å²) in [7, 11) is 0. The number of nitrogens with one attached hydrogen (secondary N) is 1. The number of Topliss-reactive ketones (excluding diaryl/α,β-unsaturated/α-hetero) is 1. The Morgan fingerprint density at radius 2 is 1.94 bits per heavy atom. The summed E-state index contributed by atoms with van der Waals surface area (Å²) in [5, 5.41) is 5.64. The maximum Gasteiger partial charge on any atom is 0.242 e. The minimum Gasteiger partial charge on any atom is -0.378 e. The Hall–Kier alpha value is -2.64. The minimum absolute atomic E-state index is 0.0669. The molecule has 0 bridgehead atoms. The Balaban J connectivity index is 1.63. The Morgan fingerprint density at radius 1 is 1.16 bits per heavy atom. The van der Waals surface area contributed by atoms with Crippen LogP contribution in [0.2, 0.25) is 0 Å². The number of carbonyl (C=O) groups is 2. The number of anilines is 2. The summed E-state index contributed by atoms with van der Waals surface area (Å²) in [6, 6.07) is 11.9. The van der Waals surface area contributed by atoms with E-state index in [0.29, 0.717) is 32.7 Å². The van der Waals surface area contributed by atoms with Gasteiger partial charge in [-0.25, -0.2) is 0 Å². The van der Waals surface area contributed by atoms with Crippen molar-refractivity contribution < 1.29 is 14.3 Å². The molecule has 168 valence electrons. The first-order valence-corrected chi connectivity index (χ1v) is 12.1.